The van der Waals surface area contributed by atoms with Crippen LogP contribution in [0.4, 0.5) is 0 Å². The molecule has 0 saturated heterocycles. The zero-order chi connectivity index (χ0) is 28.6. The number of amides is 2. The highest BCUT2D eigenvalue weighted by Gasteiger charge is 2.32. The number of halogens is 2. The zero-order valence-corrected chi connectivity index (χ0v) is 25.2. The summed E-state index contributed by atoms with van der Waals surface area (Å²) in [5, 5.41) is 5.88. The fourth-order valence-electron chi connectivity index (χ4n) is 5.46. The lowest BCUT2D eigenvalue weighted by Gasteiger charge is -2.33. The Morgan fingerprint density at radius 3 is 2.39 bits per heavy atom. The third-order valence-electron chi connectivity index (χ3n) is 7.70. The van der Waals surface area contributed by atoms with E-state index in [9.17, 15) is 9.59 Å². The third-order valence-corrected chi connectivity index (χ3v) is 8.89. The minimum absolute atomic E-state index is 0.122. The summed E-state index contributed by atoms with van der Waals surface area (Å²) in [6.45, 7) is -0.0280. The van der Waals surface area contributed by atoms with Crippen LogP contribution in [0.5, 0.6) is 5.75 Å². The molecule has 0 aromatic heterocycles. The molecule has 1 fully saturated rings. The van der Waals surface area contributed by atoms with Crippen LogP contribution >= 0.6 is 27.5 Å². The van der Waals surface area contributed by atoms with Crippen LogP contribution in [-0.2, 0) is 22.6 Å². The van der Waals surface area contributed by atoms with Crippen molar-refractivity contribution < 1.29 is 14.3 Å². The van der Waals surface area contributed by atoms with E-state index in [1.807, 2.05) is 84.9 Å². The van der Waals surface area contributed by atoms with Gasteiger partial charge >= 0.3 is 0 Å². The van der Waals surface area contributed by atoms with Crippen LogP contribution in [0.3, 0.4) is 0 Å². The quantitative estimate of drug-likeness (QED) is 0.195. The first kappa shape index (κ1) is 29.2. The highest BCUT2D eigenvalue weighted by molar-refractivity contribution is 9.10. The van der Waals surface area contributed by atoms with Crippen molar-refractivity contribution in [1.29, 1.82) is 0 Å². The maximum atomic E-state index is 14.0. The summed E-state index contributed by atoms with van der Waals surface area (Å²) < 4.78 is 6.87. The summed E-state index contributed by atoms with van der Waals surface area (Å²) in [5.74, 6) is 0.138. The summed E-state index contributed by atoms with van der Waals surface area (Å²) in [6, 6.07) is 28.5. The molecule has 212 valence electrons. The van der Waals surface area contributed by atoms with Gasteiger partial charge in [0.05, 0.1) is 4.47 Å². The van der Waals surface area contributed by atoms with Crippen LogP contribution in [0.15, 0.2) is 95.5 Å². The SMILES string of the molecule is O=C(NC1CCCCC1)C(Cc1ccccc1)N(Cc1ccccc1Cl)C(=O)COc1ccc2ccccc2c1Br. The van der Waals surface area contributed by atoms with Crippen molar-refractivity contribution >= 4 is 50.1 Å². The van der Waals surface area contributed by atoms with Crippen LogP contribution in [-0.4, -0.2) is 35.4 Å². The third kappa shape index (κ3) is 7.49. The van der Waals surface area contributed by atoms with Crippen molar-refractivity contribution in [3.8, 4) is 5.75 Å². The van der Waals surface area contributed by atoms with Crippen LogP contribution in [0, 0.1) is 0 Å². The van der Waals surface area contributed by atoms with E-state index in [0.717, 1.165) is 52.1 Å². The fraction of sp³-hybridized carbons (Fsp3) is 0.294. The molecule has 1 N–H and O–H groups in total. The first-order valence-electron chi connectivity index (χ1n) is 14.2. The average molecular weight is 634 g/mol. The van der Waals surface area contributed by atoms with Crippen molar-refractivity contribution in [1.82, 2.24) is 10.2 Å². The number of nitrogens with zero attached hydrogens (tertiary/aromatic N) is 1. The topological polar surface area (TPSA) is 58.6 Å². The first-order valence-corrected chi connectivity index (χ1v) is 15.3. The van der Waals surface area contributed by atoms with Crippen LogP contribution < -0.4 is 10.1 Å². The summed E-state index contributed by atoms with van der Waals surface area (Å²) >= 11 is 10.2. The lowest BCUT2D eigenvalue weighted by atomic mass is 9.94. The number of benzene rings is 4. The fourth-order valence-corrected chi connectivity index (χ4v) is 6.26. The number of carbonyl (C=O) groups excluding carboxylic acids is 2. The molecule has 0 bridgehead atoms. The van der Waals surface area contributed by atoms with Gasteiger partial charge in [0.1, 0.15) is 11.8 Å². The Kier molecular flexibility index (Phi) is 9.97. The maximum absolute atomic E-state index is 14.0. The molecule has 0 radical (unpaired) electrons. The summed E-state index contributed by atoms with van der Waals surface area (Å²) in [4.78, 5) is 29.5. The lowest BCUT2D eigenvalue weighted by Crippen LogP contribution is -2.53. The van der Waals surface area contributed by atoms with Gasteiger partial charge in [0.2, 0.25) is 5.91 Å². The van der Waals surface area contributed by atoms with Crippen LogP contribution in [0.2, 0.25) is 5.02 Å². The van der Waals surface area contributed by atoms with Gasteiger partial charge in [0.15, 0.2) is 6.61 Å². The molecule has 2 amide bonds. The molecule has 0 spiro atoms. The van der Waals surface area contributed by atoms with Gasteiger partial charge in [-0.15, -0.1) is 0 Å². The first-order chi connectivity index (χ1) is 20.0. The summed E-state index contributed by atoms with van der Waals surface area (Å²) in [6.07, 6.45) is 5.70. The van der Waals surface area contributed by atoms with Gasteiger partial charge in [-0.05, 0) is 62.8 Å². The standard InChI is InChI=1S/C34H34BrClN2O3/c35-33-28-17-9-7-13-25(28)19-20-31(33)41-23-32(39)38(22-26-14-8-10-18-29(26)36)30(21-24-11-3-1-4-12-24)34(40)37-27-15-5-2-6-16-27/h1,3-4,7-14,17-20,27,30H,2,5-6,15-16,21-23H2,(H,37,40). The van der Waals surface area contributed by atoms with E-state index in [-0.39, 0.29) is 31.0 Å². The second-order valence-corrected chi connectivity index (χ2v) is 11.7. The molecular weight excluding hydrogens is 600 g/mol. The van der Waals surface area contributed by atoms with Gasteiger partial charge in [0.25, 0.3) is 5.91 Å². The maximum Gasteiger partial charge on any atom is 0.261 e. The molecule has 5 rings (SSSR count). The Morgan fingerprint density at radius 2 is 1.61 bits per heavy atom. The number of hydrogen-bond acceptors (Lipinski definition) is 3. The normalized spacial score (nSPS) is 14.4. The predicted octanol–water partition coefficient (Wildman–Crippen LogP) is 7.72. The second kappa shape index (κ2) is 14.0. The van der Waals surface area contributed by atoms with Crippen molar-refractivity contribution in [2.75, 3.05) is 6.61 Å². The summed E-state index contributed by atoms with van der Waals surface area (Å²) in [7, 11) is 0. The Labute approximate surface area is 255 Å². The number of nitrogens with one attached hydrogen (secondary N) is 1. The number of rotatable bonds is 10. The Morgan fingerprint density at radius 1 is 0.902 bits per heavy atom. The highest BCUT2D eigenvalue weighted by atomic mass is 79.9. The van der Waals surface area contributed by atoms with E-state index in [1.54, 1.807) is 11.0 Å². The van der Waals surface area contributed by atoms with E-state index >= 15 is 0 Å². The molecule has 0 aliphatic heterocycles. The van der Waals surface area contributed by atoms with Gasteiger partial charge in [-0.2, -0.15) is 0 Å². The van der Waals surface area contributed by atoms with Gasteiger partial charge in [-0.1, -0.05) is 110 Å². The van der Waals surface area contributed by atoms with E-state index in [2.05, 4.69) is 21.2 Å². The molecule has 41 heavy (non-hydrogen) atoms. The molecule has 1 atom stereocenters. The number of hydrogen-bond donors (Lipinski definition) is 1. The van der Waals surface area contributed by atoms with Gasteiger partial charge < -0.3 is 15.0 Å². The molecular formula is C34H34BrClN2O3. The largest absolute Gasteiger partial charge is 0.483 e. The molecule has 1 unspecified atom stereocenters. The number of fused-ring (bicyclic) bond motifs is 1. The van der Waals surface area contributed by atoms with E-state index in [0.29, 0.717) is 17.2 Å². The van der Waals surface area contributed by atoms with Crippen molar-refractivity contribution in [2.45, 2.75) is 57.2 Å². The predicted molar refractivity (Wildman–Crippen MR) is 168 cm³/mol. The highest BCUT2D eigenvalue weighted by Crippen LogP contribution is 2.33. The Hall–Kier alpha value is -3.35. The molecule has 7 heteroatoms. The molecule has 1 aliphatic carbocycles. The minimum atomic E-state index is -0.730. The van der Waals surface area contributed by atoms with E-state index in [1.165, 1.54) is 6.42 Å². The van der Waals surface area contributed by atoms with Crippen molar-refractivity contribution in [3.05, 3.63) is 112 Å². The Bertz CT molecular complexity index is 1490. The molecule has 0 heterocycles. The smallest absolute Gasteiger partial charge is 0.261 e. The molecule has 4 aromatic rings. The van der Waals surface area contributed by atoms with E-state index < -0.39 is 6.04 Å². The molecule has 1 aliphatic rings. The molecule has 5 nitrogen and oxygen atoms in total. The van der Waals surface area contributed by atoms with Crippen LogP contribution in [0.25, 0.3) is 10.8 Å². The molecule has 4 aromatic carbocycles. The number of ether oxygens (including phenoxy) is 1. The second-order valence-electron chi connectivity index (χ2n) is 10.5. The summed E-state index contributed by atoms with van der Waals surface area (Å²) in [5.41, 5.74) is 1.75. The zero-order valence-electron chi connectivity index (χ0n) is 22.9. The van der Waals surface area contributed by atoms with Crippen LogP contribution in [0.1, 0.15) is 43.2 Å². The number of carbonyl (C=O) groups is 2. The van der Waals surface area contributed by atoms with Crippen molar-refractivity contribution in [3.63, 3.8) is 0 Å². The van der Waals surface area contributed by atoms with Gasteiger partial charge in [-0.3, -0.25) is 9.59 Å². The minimum Gasteiger partial charge on any atom is -0.483 e. The monoisotopic (exact) mass is 632 g/mol. The van der Waals surface area contributed by atoms with Gasteiger partial charge in [-0.25, -0.2) is 0 Å². The average Bonchev–Trinajstić information content (AvgIpc) is 3.00. The van der Waals surface area contributed by atoms with Crippen molar-refractivity contribution in [2.24, 2.45) is 0 Å². The molecule has 1 saturated carbocycles. The van der Waals surface area contributed by atoms with Gasteiger partial charge in [0, 0.05) is 24.0 Å². The van der Waals surface area contributed by atoms with E-state index in [4.69, 9.17) is 16.3 Å². The Balaban J connectivity index is 1.44. The lowest BCUT2D eigenvalue weighted by molar-refractivity contribution is -0.143.